The lowest BCUT2D eigenvalue weighted by Gasteiger charge is -2.00. The Hall–Kier alpha value is -1.48. The number of nitrogens with zero attached hydrogens (tertiary/aromatic N) is 1. The van der Waals surface area contributed by atoms with E-state index in [2.05, 4.69) is 4.98 Å². The average molecular weight is 245 g/mol. The highest BCUT2D eigenvalue weighted by atomic mass is 32.1. The van der Waals surface area contributed by atoms with Crippen molar-refractivity contribution in [2.45, 2.75) is 26.2 Å². The average Bonchev–Trinajstić information content (AvgIpc) is 2.76. The van der Waals surface area contributed by atoms with Gasteiger partial charge >= 0.3 is 0 Å². The minimum Gasteiger partial charge on any atom is -0.294 e. The molecule has 1 aromatic heterocycles. The van der Waals surface area contributed by atoms with Crippen LogP contribution >= 0.6 is 11.3 Å². The Morgan fingerprint density at radius 3 is 2.71 bits per heavy atom. The molecule has 1 aromatic carbocycles. The molecule has 0 unspecified atom stereocenters. The Morgan fingerprint density at radius 2 is 2.06 bits per heavy atom. The first kappa shape index (κ1) is 12.0. The van der Waals surface area contributed by atoms with Crippen molar-refractivity contribution in [2.75, 3.05) is 0 Å². The topological polar surface area (TPSA) is 30.0 Å². The minimum atomic E-state index is 0.229. The van der Waals surface area contributed by atoms with Gasteiger partial charge in [-0.15, -0.1) is 11.3 Å². The third kappa shape index (κ3) is 3.24. The van der Waals surface area contributed by atoms with Gasteiger partial charge in [-0.3, -0.25) is 4.79 Å². The van der Waals surface area contributed by atoms with Crippen LogP contribution < -0.4 is 0 Å². The summed E-state index contributed by atoms with van der Waals surface area (Å²) in [6.45, 7) is 2.02. The number of benzene rings is 1. The molecule has 0 aliphatic rings. The van der Waals surface area contributed by atoms with Crippen molar-refractivity contribution >= 4 is 17.1 Å². The van der Waals surface area contributed by atoms with E-state index in [9.17, 15) is 4.79 Å². The molecule has 0 amide bonds. The molecule has 0 atom stereocenters. The molecule has 3 heteroatoms. The summed E-state index contributed by atoms with van der Waals surface area (Å²) in [5, 5.41) is 0. The molecule has 2 aromatic rings. The maximum atomic E-state index is 11.8. The first-order valence-electron chi connectivity index (χ1n) is 5.74. The van der Waals surface area contributed by atoms with Crippen molar-refractivity contribution in [1.82, 2.24) is 4.98 Å². The number of carbonyl (C=O) groups excluding carboxylic acids is 1. The molecule has 0 radical (unpaired) electrons. The van der Waals surface area contributed by atoms with Crippen LogP contribution in [-0.4, -0.2) is 10.8 Å². The van der Waals surface area contributed by atoms with Crippen LogP contribution in [0.25, 0.3) is 0 Å². The van der Waals surface area contributed by atoms with E-state index in [1.165, 1.54) is 4.88 Å². The molecule has 0 fully saturated rings. The summed E-state index contributed by atoms with van der Waals surface area (Å²) < 4.78 is 0. The first-order valence-corrected chi connectivity index (χ1v) is 6.62. The van der Waals surface area contributed by atoms with Gasteiger partial charge in [0.25, 0.3) is 0 Å². The van der Waals surface area contributed by atoms with E-state index in [0.29, 0.717) is 6.42 Å². The fourth-order valence-corrected chi connectivity index (χ4v) is 2.57. The molecular weight excluding hydrogens is 230 g/mol. The molecule has 0 N–H and O–H groups in total. The zero-order valence-electron chi connectivity index (χ0n) is 9.85. The third-order valence-corrected chi connectivity index (χ3v) is 3.74. The maximum Gasteiger partial charge on any atom is 0.162 e. The first-order chi connectivity index (χ1) is 8.27. The minimum absolute atomic E-state index is 0.229. The highest BCUT2D eigenvalue weighted by Gasteiger charge is 2.06. The van der Waals surface area contributed by atoms with Crippen LogP contribution in [0.1, 0.15) is 33.8 Å². The molecule has 88 valence electrons. The summed E-state index contributed by atoms with van der Waals surface area (Å²) in [6.07, 6.45) is 2.47. The Morgan fingerprint density at radius 1 is 1.29 bits per heavy atom. The second-order valence-electron chi connectivity index (χ2n) is 4.00. The number of carbonyl (C=O) groups is 1. The van der Waals surface area contributed by atoms with Crippen molar-refractivity contribution in [2.24, 2.45) is 0 Å². The smallest absolute Gasteiger partial charge is 0.162 e. The largest absolute Gasteiger partial charge is 0.294 e. The van der Waals surface area contributed by atoms with Gasteiger partial charge in [0, 0.05) is 16.9 Å². The lowest BCUT2D eigenvalue weighted by atomic mass is 10.1. The lowest BCUT2D eigenvalue weighted by Crippen LogP contribution is -1.99. The van der Waals surface area contributed by atoms with Crippen LogP contribution in [0.2, 0.25) is 0 Å². The predicted octanol–water partition coefficient (Wildman–Crippen LogP) is 3.66. The van der Waals surface area contributed by atoms with E-state index >= 15 is 0 Å². The van der Waals surface area contributed by atoms with Gasteiger partial charge in [0.15, 0.2) is 5.78 Å². The van der Waals surface area contributed by atoms with Crippen molar-refractivity contribution in [3.8, 4) is 0 Å². The molecule has 17 heavy (non-hydrogen) atoms. The van der Waals surface area contributed by atoms with Gasteiger partial charge in [0.1, 0.15) is 0 Å². The van der Waals surface area contributed by atoms with Crippen LogP contribution in [0.4, 0.5) is 0 Å². The van der Waals surface area contributed by atoms with Crippen LogP contribution in [-0.2, 0) is 6.42 Å². The predicted molar refractivity (Wildman–Crippen MR) is 70.6 cm³/mol. The van der Waals surface area contributed by atoms with Crippen LogP contribution in [0.15, 0.2) is 35.8 Å². The van der Waals surface area contributed by atoms with Crippen molar-refractivity contribution < 1.29 is 4.79 Å². The molecule has 2 rings (SSSR count). The fraction of sp³-hybridized carbons (Fsp3) is 0.286. The van der Waals surface area contributed by atoms with E-state index in [1.54, 1.807) is 11.3 Å². The van der Waals surface area contributed by atoms with Crippen molar-refractivity contribution in [3.63, 3.8) is 0 Å². The number of ketones is 1. The molecule has 1 heterocycles. The standard InChI is InChI=1S/C14H15NOS/c1-11-14(17-10-15-11)9-5-8-13(16)12-6-3-2-4-7-12/h2-4,6-7,10H,5,8-9H2,1H3. The van der Waals surface area contributed by atoms with Gasteiger partial charge in [-0.1, -0.05) is 30.3 Å². The number of rotatable bonds is 5. The van der Waals surface area contributed by atoms with Gasteiger partial charge < -0.3 is 0 Å². The Balaban J connectivity index is 1.84. The number of thiazole rings is 1. The maximum absolute atomic E-state index is 11.8. The van der Waals surface area contributed by atoms with E-state index < -0.39 is 0 Å². The number of aromatic nitrogens is 1. The number of hydrogen-bond donors (Lipinski definition) is 0. The van der Waals surface area contributed by atoms with Gasteiger partial charge in [-0.25, -0.2) is 4.98 Å². The van der Waals surface area contributed by atoms with Crippen LogP contribution in [0, 0.1) is 6.92 Å². The summed E-state index contributed by atoms with van der Waals surface area (Å²) in [7, 11) is 0. The summed E-state index contributed by atoms with van der Waals surface area (Å²) in [5.41, 5.74) is 3.78. The number of Topliss-reactive ketones (excluding diaryl/α,β-unsaturated/α-hetero) is 1. The van der Waals surface area contributed by atoms with Crippen LogP contribution in [0.5, 0.6) is 0 Å². The van der Waals surface area contributed by atoms with Crippen molar-refractivity contribution in [1.29, 1.82) is 0 Å². The van der Waals surface area contributed by atoms with Crippen molar-refractivity contribution in [3.05, 3.63) is 52.0 Å². The molecule has 0 spiro atoms. The number of aryl methyl sites for hydroxylation is 2. The highest BCUT2D eigenvalue weighted by Crippen LogP contribution is 2.16. The van der Waals surface area contributed by atoms with Gasteiger partial charge in [0.2, 0.25) is 0 Å². The molecule has 0 saturated carbocycles. The molecule has 2 nitrogen and oxygen atoms in total. The summed E-state index contributed by atoms with van der Waals surface area (Å²) in [5.74, 6) is 0.229. The Kier molecular flexibility index (Phi) is 4.04. The zero-order chi connectivity index (χ0) is 12.1. The number of hydrogen-bond acceptors (Lipinski definition) is 3. The molecule has 0 aliphatic carbocycles. The molecular formula is C14H15NOS. The second-order valence-corrected chi connectivity index (χ2v) is 4.94. The van der Waals surface area contributed by atoms with Gasteiger partial charge in [-0.05, 0) is 19.8 Å². The van der Waals surface area contributed by atoms with E-state index in [0.717, 1.165) is 24.1 Å². The molecule has 0 saturated heterocycles. The Labute approximate surface area is 105 Å². The second kappa shape index (κ2) is 5.73. The lowest BCUT2D eigenvalue weighted by molar-refractivity contribution is 0.0980. The quantitative estimate of drug-likeness (QED) is 0.752. The SMILES string of the molecule is Cc1ncsc1CCCC(=O)c1ccccc1. The van der Waals surface area contributed by atoms with Gasteiger partial charge in [-0.2, -0.15) is 0 Å². The summed E-state index contributed by atoms with van der Waals surface area (Å²) in [4.78, 5) is 17.3. The van der Waals surface area contributed by atoms with E-state index in [-0.39, 0.29) is 5.78 Å². The van der Waals surface area contributed by atoms with Crippen LogP contribution in [0.3, 0.4) is 0 Å². The van der Waals surface area contributed by atoms with Gasteiger partial charge in [0.05, 0.1) is 11.2 Å². The third-order valence-electron chi connectivity index (χ3n) is 2.75. The molecule has 0 aliphatic heterocycles. The zero-order valence-corrected chi connectivity index (χ0v) is 10.7. The Bertz CT molecular complexity index is 490. The monoisotopic (exact) mass is 245 g/mol. The summed E-state index contributed by atoms with van der Waals surface area (Å²) >= 11 is 1.67. The van der Waals surface area contributed by atoms with E-state index in [4.69, 9.17) is 0 Å². The fourth-order valence-electron chi connectivity index (χ4n) is 1.74. The molecule has 0 bridgehead atoms. The summed E-state index contributed by atoms with van der Waals surface area (Å²) in [6, 6.07) is 9.49. The van der Waals surface area contributed by atoms with E-state index in [1.807, 2.05) is 42.8 Å². The highest BCUT2D eigenvalue weighted by molar-refractivity contribution is 7.09. The normalized spacial score (nSPS) is 10.4.